The lowest BCUT2D eigenvalue weighted by Gasteiger charge is -2.11. The van der Waals surface area contributed by atoms with Gasteiger partial charge in [0, 0.05) is 16.5 Å². The van der Waals surface area contributed by atoms with E-state index in [2.05, 4.69) is 15.5 Å². The van der Waals surface area contributed by atoms with Crippen LogP contribution < -0.4 is 19.6 Å². The maximum absolute atomic E-state index is 5.35. The van der Waals surface area contributed by atoms with Gasteiger partial charge in [0.1, 0.15) is 5.75 Å². The van der Waals surface area contributed by atoms with E-state index in [-0.39, 0.29) is 0 Å². The van der Waals surface area contributed by atoms with Crippen LogP contribution in [0.25, 0.3) is 0 Å². The first-order valence-corrected chi connectivity index (χ1v) is 7.43. The number of hydrazone groups is 1. The van der Waals surface area contributed by atoms with Gasteiger partial charge < -0.3 is 14.2 Å². The molecular weight excluding hydrogens is 302 g/mol. The van der Waals surface area contributed by atoms with Crippen LogP contribution in [0, 0.1) is 13.8 Å². The van der Waals surface area contributed by atoms with Gasteiger partial charge in [-0.15, -0.1) is 11.3 Å². The van der Waals surface area contributed by atoms with Gasteiger partial charge in [0.15, 0.2) is 11.5 Å². The van der Waals surface area contributed by atoms with Crippen LogP contribution in [0.3, 0.4) is 0 Å². The first kappa shape index (κ1) is 16.1. The molecule has 1 aromatic carbocycles. The molecule has 0 saturated heterocycles. The quantitative estimate of drug-likeness (QED) is 0.653. The van der Waals surface area contributed by atoms with Gasteiger partial charge in [-0.1, -0.05) is 0 Å². The van der Waals surface area contributed by atoms with Crippen molar-refractivity contribution >= 4 is 22.7 Å². The minimum atomic E-state index is 0.607. The number of hydrogen-bond acceptors (Lipinski definition) is 7. The first-order chi connectivity index (χ1) is 10.6. The number of ether oxygens (including phenoxy) is 3. The standard InChI is InChI=1S/C15H19N3O3S/c1-9-10(2)22-15(17-9)18-16-8-11-6-13(20-4)14(21-5)7-12(11)19-3/h6-8H,1-5H3,(H,17,18)/b16-8+. The molecule has 2 aromatic rings. The molecule has 22 heavy (non-hydrogen) atoms. The summed E-state index contributed by atoms with van der Waals surface area (Å²) in [7, 11) is 4.77. The molecule has 118 valence electrons. The second-order valence-corrected chi connectivity index (χ2v) is 5.68. The van der Waals surface area contributed by atoms with Gasteiger partial charge in [-0.05, 0) is 19.9 Å². The Morgan fingerprint density at radius 3 is 2.23 bits per heavy atom. The van der Waals surface area contributed by atoms with Crippen molar-refractivity contribution in [3.05, 3.63) is 28.3 Å². The zero-order valence-corrected chi connectivity index (χ0v) is 14.1. The fourth-order valence-electron chi connectivity index (χ4n) is 1.83. The molecule has 1 heterocycles. The zero-order chi connectivity index (χ0) is 16.1. The number of anilines is 1. The zero-order valence-electron chi connectivity index (χ0n) is 13.3. The summed E-state index contributed by atoms with van der Waals surface area (Å²) < 4.78 is 15.9. The number of aromatic nitrogens is 1. The predicted octanol–water partition coefficient (Wildman–Crippen LogP) is 3.23. The van der Waals surface area contributed by atoms with Gasteiger partial charge in [0.25, 0.3) is 0 Å². The lowest BCUT2D eigenvalue weighted by atomic mass is 10.2. The van der Waals surface area contributed by atoms with Crippen LogP contribution >= 0.6 is 11.3 Å². The first-order valence-electron chi connectivity index (χ1n) is 6.62. The Labute approximate surface area is 133 Å². The van der Waals surface area contributed by atoms with Crippen LogP contribution in [0.5, 0.6) is 17.2 Å². The lowest BCUT2D eigenvalue weighted by Crippen LogP contribution is -1.97. The third kappa shape index (κ3) is 3.48. The molecule has 7 heteroatoms. The molecule has 0 spiro atoms. The highest BCUT2D eigenvalue weighted by Gasteiger charge is 2.10. The minimum Gasteiger partial charge on any atom is -0.496 e. The second-order valence-electron chi connectivity index (χ2n) is 4.48. The van der Waals surface area contributed by atoms with Gasteiger partial charge in [0.2, 0.25) is 5.13 Å². The number of methoxy groups -OCH3 is 3. The van der Waals surface area contributed by atoms with Gasteiger partial charge in [-0.25, -0.2) is 4.98 Å². The molecule has 1 aromatic heterocycles. The van der Waals surface area contributed by atoms with Gasteiger partial charge in [-0.2, -0.15) is 5.10 Å². The number of aryl methyl sites for hydroxylation is 2. The van der Waals surface area contributed by atoms with E-state index in [4.69, 9.17) is 14.2 Å². The molecule has 0 radical (unpaired) electrons. The van der Waals surface area contributed by atoms with Gasteiger partial charge in [0.05, 0.1) is 33.2 Å². The Kier molecular flexibility index (Phi) is 5.21. The third-order valence-corrected chi connectivity index (χ3v) is 4.11. The molecule has 0 aliphatic heterocycles. The van der Waals surface area contributed by atoms with E-state index in [1.54, 1.807) is 51.0 Å². The van der Waals surface area contributed by atoms with E-state index in [0.717, 1.165) is 16.4 Å². The molecule has 1 N–H and O–H groups in total. The van der Waals surface area contributed by atoms with Gasteiger partial charge >= 0.3 is 0 Å². The van der Waals surface area contributed by atoms with E-state index in [9.17, 15) is 0 Å². The van der Waals surface area contributed by atoms with Crippen molar-refractivity contribution in [1.29, 1.82) is 0 Å². The highest BCUT2D eigenvalue weighted by molar-refractivity contribution is 7.15. The molecule has 0 amide bonds. The highest BCUT2D eigenvalue weighted by Crippen LogP contribution is 2.33. The Balaban J connectivity index is 2.22. The normalized spacial score (nSPS) is 10.8. The predicted molar refractivity (Wildman–Crippen MR) is 88.9 cm³/mol. The van der Waals surface area contributed by atoms with E-state index < -0.39 is 0 Å². The number of nitrogens with one attached hydrogen (secondary N) is 1. The summed E-state index contributed by atoms with van der Waals surface area (Å²) >= 11 is 1.56. The summed E-state index contributed by atoms with van der Waals surface area (Å²) in [5, 5.41) is 4.96. The summed E-state index contributed by atoms with van der Waals surface area (Å²) in [5.41, 5.74) is 4.70. The smallest absolute Gasteiger partial charge is 0.203 e. The highest BCUT2D eigenvalue weighted by atomic mass is 32.1. The third-order valence-electron chi connectivity index (χ3n) is 3.13. The number of hydrogen-bond donors (Lipinski definition) is 1. The van der Waals surface area contributed by atoms with Crippen LogP contribution in [-0.2, 0) is 0 Å². The SMILES string of the molecule is COc1cc(OC)c(OC)cc1/C=N/Nc1nc(C)c(C)s1. The van der Waals surface area contributed by atoms with E-state index in [1.165, 1.54) is 4.88 Å². The van der Waals surface area contributed by atoms with Gasteiger partial charge in [-0.3, -0.25) is 5.43 Å². The summed E-state index contributed by atoms with van der Waals surface area (Å²) in [6.07, 6.45) is 1.66. The Morgan fingerprint density at radius 1 is 1.05 bits per heavy atom. The van der Waals surface area contributed by atoms with Crippen molar-refractivity contribution in [3.8, 4) is 17.2 Å². The van der Waals surface area contributed by atoms with E-state index in [1.807, 2.05) is 13.8 Å². The summed E-state index contributed by atoms with van der Waals surface area (Å²) in [4.78, 5) is 5.53. The molecule has 0 bridgehead atoms. The van der Waals surface area contributed by atoms with Crippen molar-refractivity contribution in [1.82, 2.24) is 4.98 Å². The lowest BCUT2D eigenvalue weighted by molar-refractivity contribution is 0.349. The van der Waals surface area contributed by atoms with Crippen molar-refractivity contribution in [2.75, 3.05) is 26.8 Å². The van der Waals surface area contributed by atoms with Crippen molar-refractivity contribution in [3.63, 3.8) is 0 Å². The average molecular weight is 321 g/mol. The molecular formula is C15H19N3O3S. The Hall–Kier alpha value is -2.28. The second kappa shape index (κ2) is 7.13. The molecule has 0 atom stereocenters. The average Bonchev–Trinajstić information content (AvgIpc) is 2.84. The maximum Gasteiger partial charge on any atom is 0.203 e. The Bertz CT molecular complexity index is 663. The molecule has 0 aliphatic carbocycles. The maximum atomic E-state index is 5.35. The fraction of sp³-hybridized carbons (Fsp3) is 0.333. The monoisotopic (exact) mass is 321 g/mol. The molecule has 2 rings (SSSR count). The minimum absolute atomic E-state index is 0.607. The van der Waals surface area contributed by atoms with Crippen LogP contribution in [0.1, 0.15) is 16.1 Å². The van der Waals surface area contributed by atoms with Crippen LogP contribution in [0.15, 0.2) is 17.2 Å². The van der Waals surface area contributed by atoms with Crippen LogP contribution in [-0.4, -0.2) is 32.5 Å². The van der Waals surface area contributed by atoms with E-state index in [0.29, 0.717) is 17.2 Å². The molecule has 0 fully saturated rings. The Morgan fingerprint density at radius 2 is 1.68 bits per heavy atom. The van der Waals surface area contributed by atoms with Crippen molar-refractivity contribution in [2.45, 2.75) is 13.8 Å². The largest absolute Gasteiger partial charge is 0.496 e. The van der Waals surface area contributed by atoms with Crippen molar-refractivity contribution in [2.24, 2.45) is 5.10 Å². The number of benzene rings is 1. The van der Waals surface area contributed by atoms with Crippen molar-refractivity contribution < 1.29 is 14.2 Å². The number of thiazole rings is 1. The summed E-state index contributed by atoms with van der Waals surface area (Å²) in [5.74, 6) is 1.87. The molecule has 0 saturated carbocycles. The number of rotatable bonds is 6. The number of nitrogens with zero attached hydrogens (tertiary/aromatic N) is 2. The molecule has 6 nitrogen and oxygen atoms in total. The molecule has 0 aliphatic rings. The van der Waals surface area contributed by atoms with E-state index >= 15 is 0 Å². The fourth-order valence-corrected chi connectivity index (χ4v) is 2.60. The van der Waals surface area contributed by atoms with Crippen LogP contribution in [0.2, 0.25) is 0 Å². The topological polar surface area (TPSA) is 65.0 Å². The molecule has 0 unspecified atom stereocenters. The summed E-state index contributed by atoms with van der Waals surface area (Å²) in [6.45, 7) is 4.00. The summed E-state index contributed by atoms with van der Waals surface area (Å²) in [6, 6.07) is 3.57. The van der Waals surface area contributed by atoms with Crippen LogP contribution in [0.4, 0.5) is 5.13 Å².